The summed E-state index contributed by atoms with van der Waals surface area (Å²) in [6, 6.07) is 8.26. The molecule has 96 valence electrons. The van der Waals surface area contributed by atoms with Gasteiger partial charge in [0.25, 0.3) is 0 Å². The molecule has 4 heteroatoms. The summed E-state index contributed by atoms with van der Waals surface area (Å²) in [6.07, 6.45) is 6.33. The van der Waals surface area contributed by atoms with E-state index in [-0.39, 0.29) is 0 Å². The SMILES string of the molecule is CNCCCc1cnn(Cc2ccccc2Br)c1. The van der Waals surface area contributed by atoms with Crippen LogP contribution in [0.4, 0.5) is 0 Å². The summed E-state index contributed by atoms with van der Waals surface area (Å²) in [6.45, 7) is 1.86. The Bertz CT molecular complexity index is 493. The number of hydrogen-bond acceptors (Lipinski definition) is 2. The van der Waals surface area contributed by atoms with Crippen LogP contribution in [0.1, 0.15) is 17.5 Å². The molecule has 0 unspecified atom stereocenters. The summed E-state index contributed by atoms with van der Waals surface area (Å²) < 4.78 is 3.13. The molecule has 1 N–H and O–H groups in total. The number of benzene rings is 1. The fourth-order valence-electron chi connectivity index (χ4n) is 1.89. The lowest BCUT2D eigenvalue weighted by Gasteiger charge is -2.04. The van der Waals surface area contributed by atoms with Gasteiger partial charge >= 0.3 is 0 Å². The fraction of sp³-hybridized carbons (Fsp3) is 0.357. The third kappa shape index (κ3) is 3.68. The van der Waals surface area contributed by atoms with Crippen LogP contribution in [0, 0.1) is 0 Å². The average molecular weight is 308 g/mol. The molecular weight excluding hydrogens is 290 g/mol. The molecule has 0 aliphatic heterocycles. The average Bonchev–Trinajstić information content (AvgIpc) is 2.80. The van der Waals surface area contributed by atoms with E-state index in [1.165, 1.54) is 11.1 Å². The highest BCUT2D eigenvalue weighted by molar-refractivity contribution is 9.10. The summed E-state index contributed by atoms with van der Waals surface area (Å²) in [5.74, 6) is 0. The highest BCUT2D eigenvalue weighted by atomic mass is 79.9. The zero-order valence-corrected chi connectivity index (χ0v) is 12.2. The third-order valence-corrected chi connectivity index (χ3v) is 3.64. The van der Waals surface area contributed by atoms with Gasteiger partial charge in [0.05, 0.1) is 12.7 Å². The summed E-state index contributed by atoms with van der Waals surface area (Å²) in [4.78, 5) is 0. The van der Waals surface area contributed by atoms with E-state index in [4.69, 9.17) is 0 Å². The maximum absolute atomic E-state index is 4.41. The lowest BCUT2D eigenvalue weighted by Crippen LogP contribution is -2.08. The lowest BCUT2D eigenvalue weighted by molar-refractivity contribution is 0.682. The van der Waals surface area contributed by atoms with E-state index >= 15 is 0 Å². The van der Waals surface area contributed by atoms with Gasteiger partial charge in [-0.1, -0.05) is 34.1 Å². The Hall–Kier alpha value is -1.13. The largest absolute Gasteiger partial charge is 0.320 e. The van der Waals surface area contributed by atoms with Crippen molar-refractivity contribution in [1.82, 2.24) is 15.1 Å². The predicted molar refractivity (Wildman–Crippen MR) is 77.7 cm³/mol. The molecule has 1 aromatic heterocycles. The number of nitrogens with one attached hydrogen (secondary N) is 1. The van der Waals surface area contributed by atoms with Crippen LogP contribution in [0.25, 0.3) is 0 Å². The maximum atomic E-state index is 4.41. The van der Waals surface area contributed by atoms with E-state index in [1.807, 2.05) is 24.0 Å². The van der Waals surface area contributed by atoms with Crippen LogP contribution < -0.4 is 5.32 Å². The second kappa shape index (κ2) is 6.71. The Balaban J connectivity index is 1.96. The van der Waals surface area contributed by atoms with E-state index in [2.05, 4.69) is 50.7 Å². The van der Waals surface area contributed by atoms with Crippen LogP contribution in [0.5, 0.6) is 0 Å². The van der Waals surface area contributed by atoms with Crippen LogP contribution in [-0.2, 0) is 13.0 Å². The van der Waals surface area contributed by atoms with Crippen molar-refractivity contribution in [2.24, 2.45) is 0 Å². The number of aromatic nitrogens is 2. The maximum Gasteiger partial charge on any atom is 0.0670 e. The number of aryl methyl sites for hydroxylation is 1. The minimum absolute atomic E-state index is 0.813. The molecule has 0 fully saturated rings. The highest BCUT2D eigenvalue weighted by Gasteiger charge is 2.02. The Morgan fingerprint density at radius 2 is 2.17 bits per heavy atom. The van der Waals surface area contributed by atoms with Crippen LogP contribution in [0.15, 0.2) is 41.1 Å². The number of rotatable bonds is 6. The van der Waals surface area contributed by atoms with Gasteiger partial charge in [-0.2, -0.15) is 5.10 Å². The highest BCUT2D eigenvalue weighted by Crippen LogP contribution is 2.17. The molecule has 0 saturated carbocycles. The Morgan fingerprint density at radius 3 is 2.94 bits per heavy atom. The van der Waals surface area contributed by atoms with E-state index in [9.17, 15) is 0 Å². The van der Waals surface area contributed by atoms with Crippen LogP contribution in [0.3, 0.4) is 0 Å². The minimum Gasteiger partial charge on any atom is -0.320 e. The fourth-order valence-corrected chi connectivity index (χ4v) is 2.30. The molecule has 0 radical (unpaired) electrons. The first kappa shape index (κ1) is 13.3. The minimum atomic E-state index is 0.813. The summed E-state index contributed by atoms with van der Waals surface area (Å²) >= 11 is 3.56. The molecular formula is C14H18BrN3. The van der Waals surface area contributed by atoms with Gasteiger partial charge in [-0.05, 0) is 43.6 Å². The van der Waals surface area contributed by atoms with Gasteiger partial charge in [0, 0.05) is 10.7 Å². The monoisotopic (exact) mass is 307 g/mol. The smallest absolute Gasteiger partial charge is 0.0670 e. The third-order valence-electron chi connectivity index (χ3n) is 2.87. The summed E-state index contributed by atoms with van der Waals surface area (Å²) in [5, 5.41) is 7.57. The van der Waals surface area contributed by atoms with Crippen LogP contribution in [0.2, 0.25) is 0 Å². The molecule has 2 aromatic rings. The molecule has 0 saturated heterocycles. The molecule has 0 spiro atoms. The Morgan fingerprint density at radius 1 is 1.33 bits per heavy atom. The Labute approximate surface area is 116 Å². The van der Waals surface area contributed by atoms with Crippen LogP contribution in [-0.4, -0.2) is 23.4 Å². The zero-order chi connectivity index (χ0) is 12.8. The standard InChI is InChI=1S/C14H18BrN3/c1-16-8-4-5-12-9-17-18(10-12)11-13-6-2-3-7-14(13)15/h2-3,6-7,9-10,16H,4-5,8,11H2,1H3. The van der Waals surface area contributed by atoms with E-state index in [0.29, 0.717) is 0 Å². The first-order valence-corrected chi connectivity index (χ1v) is 6.98. The van der Waals surface area contributed by atoms with Crippen LogP contribution >= 0.6 is 15.9 Å². The molecule has 1 heterocycles. The van der Waals surface area contributed by atoms with Gasteiger partial charge in [0.1, 0.15) is 0 Å². The van der Waals surface area contributed by atoms with Gasteiger partial charge in [-0.3, -0.25) is 4.68 Å². The quantitative estimate of drug-likeness (QED) is 0.832. The van der Waals surface area contributed by atoms with Crippen molar-refractivity contribution in [2.75, 3.05) is 13.6 Å². The van der Waals surface area contributed by atoms with E-state index in [0.717, 1.165) is 30.4 Å². The van der Waals surface area contributed by atoms with Gasteiger partial charge in [-0.15, -0.1) is 0 Å². The van der Waals surface area contributed by atoms with Crippen molar-refractivity contribution in [3.05, 3.63) is 52.3 Å². The van der Waals surface area contributed by atoms with Crippen molar-refractivity contribution in [3.63, 3.8) is 0 Å². The number of hydrogen-bond donors (Lipinski definition) is 1. The molecule has 0 amide bonds. The van der Waals surface area contributed by atoms with Crippen molar-refractivity contribution >= 4 is 15.9 Å². The zero-order valence-electron chi connectivity index (χ0n) is 10.6. The molecule has 0 aliphatic rings. The second-order valence-electron chi connectivity index (χ2n) is 4.34. The molecule has 0 atom stereocenters. The lowest BCUT2D eigenvalue weighted by atomic mass is 10.2. The van der Waals surface area contributed by atoms with Crippen molar-refractivity contribution in [2.45, 2.75) is 19.4 Å². The molecule has 0 bridgehead atoms. The van der Waals surface area contributed by atoms with E-state index in [1.54, 1.807) is 0 Å². The van der Waals surface area contributed by atoms with Crippen molar-refractivity contribution < 1.29 is 0 Å². The second-order valence-corrected chi connectivity index (χ2v) is 5.20. The predicted octanol–water partition coefficient (Wildman–Crippen LogP) is 2.85. The molecule has 1 aromatic carbocycles. The van der Waals surface area contributed by atoms with Gasteiger partial charge in [-0.25, -0.2) is 0 Å². The molecule has 0 aliphatic carbocycles. The Kier molecular flexibility index (Phi) is 4.96. The first-order valence-electron chi connectivity index (χ1n) is 6.19. The topological polar surface area (TPSA) is 29.9 Å². The number of halogens is 1. The summed E-state index contributed by atoms with van der Waals surface area (Å²) in [5.41, 5.74) is 2.56. The van der Waals surface area contributed by atoms with E-state index < -0.39 is 0 Å². The van der Waals surface area contributed by atoms with Gasteiger partial charge < -0.3 is 5.32 Å². The summed E-state index contributed by atoms with van der Waals surface area (Å²) in [7, 11) is 1.98. The normalized spacial score (nSPS) is 10.8. The first-order chi connectivity index (χ1) is 8.79. The molecule has 3 nitrogen and oxygen atoms in total. The van der Waals surface area contributed by atoms with Crippen molar-refractivity contribution in [3.8, 4) is 0 Å². The number of nitrogens with zero attached hydrogens (tertiary/aromatic N) is 2. The molecule has 18 heavy (non-hydrogen) atoms. The molecule has 2 rings (SSSR count). The van der Waals surface area contributed by atoms with Gasteiger partial charge in [0.15, 0.2) is 0 Å². The van der Waals surface area contributed by atoms with Crippen molar-refractivity contribution in [1.29, 1.82) is 0 Å². The van der Waals surface area contributed by atoms with Gasteiger partial charge in [0.2, 0.25) is 0 Å².